The first kappa shape index (κ1) is 24.3. The van der Waals surface area contributed by atoms with Crippen LogP contribution in [-0.4, -0.2) is 48.3 Å². The summed E-state index contributed by atoms with van der Waals surface area (Å²) in [6.45, 7) is 4.44. The van der Waals surface area contributed by atoms with Gasteiger partial charge in [-0.1, -0.05) is 66.7 Å². The van der Waals surface area contributed by atoms with E-state index in [0.717, 1.165) is 54.9 Å². The molecule has 2 aliphatic rings. The summed E-state index contributed by atoms with van der Waals surface area (Å²) in [5.74, 6) is 1.55. The topological polar surface area (TPSA) is 45.1 Å². The molecule has 1 atom stereocenters. The molecule has 0 bridgehead atoms. The van der Waals surface area contributed by atoms with Crippen molar-refractivity contribution in [3.63, 3.8) is 0 Å². The van der Waals surface area contributed by atoms with Crippen LogP contribution in [0, 0.1) is 12.8 Å². The lowest BCUT2D eigenvalue weighted by atomic mass is 9.90. The third kappa shape index (κ3) is 5.52. The molecule has 186 valence electrons. The van der Waals surface area contributed by atoms with Crippen molar-refractivity contribution in [2.45, 2.75) is 38.6 Å². The zero-order valence-electron chi connectivity index (χ0n) is 21.3. The molecule has 1 fully saturated rings. The minimum absolute atomic E-state index is 0.0719. The molecule has 0 aliphatic carbocycles. The monoisotopic (exact) mass is 481 g/mol. The lowest BCUT2D eigenvalue weighted by Crippen LogP contribution is -2.42. The normalized spacial score (nSPS) is 18.8. The van der Waals surface area contributed by atoms with Gasteiger partial charge in [-0.3, -0.25) is 9.69 Å². The average molecular weight is 482 g/mol. The summed E-state index contributed by atoms with van der Waals surface area (Å²) < 4.78 is 5.42. The number of hydrogen-bond acceptors (Lipinski definition) is 4. The predicted octanol–water partition coefficient (Wildman–Crippen LogP) is 5.64. The van der Waals surface area contributed by atoms with Crippen molar-refractivity contribution < 1.29 is 9.53 Å². The molecule has 2 aliphatic heterocycles. The Kier molecular flexibility index (Phi) is 7.47. The molecule has 0 unspecified atom stereocenters. The number of likely N-dealkylation sites (tertiary alicyclic amines) is 1. The third-order valence-electron chi connectivity index (χ3n) is 7.55. The first-order valence-corrected chi connectivity index (χ1v) is 13.0. The van der Waals surface area contributed by atoms with Crippen LogP contribution in [0.5, 0.6) is 5.75 Å². The number of methoxy groups -OCH3 is 1. The Morgan fingerprint density at radius 1 is 0.972 bits per heavy atom. The fraction of sp³-hybridized carbons (Fsp3) is 0.355. The van der Waals surface area contributed by atoms with E-state index in [2.05, 4.69) is 54.3 Å². The Labute approximate surface area is 214 Å². The van der Waals surface area contributed by atoms with Gasteiger partial charge in [0.25, 0.3) is 5.91 Å². The van der Waals surface area contributed by atoms with Crippen LogP contribution in [-0.2, 0) is 11.2 Å². The maximum absolute atomic E-state index is 13.6. The van der Waals surface area contributed by atoms with Gasteiger partial charge in [0.1, 0.15) is 5.75 Å². The van der Waals surface area contributed by atoms with Crippen molar-refractivity contribution in [1.29, 1.82) is 0 Å². The molecule has 3 aromatic carbocycles. The van der Waals surface area contributed by atoms with E-state index in [-0.39, 0.29) is 11.9 Å². The highest BCUT2D eigenvalue weighted by atomic mass is 16.5. The highest BCUT2D eigenvalue weighted by Crippen LogP contribution is 2.35. The second kappa shape index (κ2) is 11.1. The summed E-state index contributed by atoms with van der Waals surface area (Å²) in [6.07, 6.45) is 4.07. The van der Waals surface area contributed by atoms with Crippen LogP contribution in [0.4, 0.5) is 0 Å². The quantitative estimate of drug-likeness (QED) is 0.439. The van der Waals surface area contributed by atoms with Gasteiger partial charge in [-0.15, -0.1) is 0 Å². The Morgan fingerprint density at radius 2 is 1.72 bits per heavy atom. The maximum Gasteiger partial charge on any atom is 0.257 e. The van der Waals surface area contributed by atoms with Crippen LogP contribution in [0.25, 0.3) is 0 Å². The number of carbonyl (C=O) groups is 1. The molecule has 0 spiro atoms. The number of rotatable bonds is 7. The number of piperidine rings is 1. The molecule has 36 heavy (non-hydrogen) atoms. The van der Waals surface area contributed by atoms with Gasteiger partial charge >= 0.3 is 0 Å². The molecule has 0 aromatic heterocycles. The average Bonchev–Trinajstić information content (AvgIpc) is 3.36. The number of hydrazone groups is 1. The molecule has 2 heterocycles. The SMILES string of the molecule is COc1cccc(C2=NN(C(=O)CN3CCC(Cc4ccccc4)CC3)[C@H](c3ccccc3C)C2)c1. The first-order valence-electron chi connectivity index (χ1n) is 13.0. The van der Waals surface area contributed by atoms with Gasteiger partial charge in [0, 0.05) is 12.0 Å². The summed E-state index contributed by atoms with van der Waals surface area (Å²) in [4.78, 5) is 15.9. The summed E-state index contributed by atoms with van der Waals surface area (Å²) in [7, 11) is 1.67. The van der Waals surface area contributed by atoms with Crippen molar-refractivity contribution in [3.8, 4) is 5.75 Å². The summed E-state index contributed by atoms with van der Waals surface area (Å²) in [5, 5.41) is 6.63. The van der Waals surface area contributed by atoms with Gasteiger partial charge in [0.15, 0.2) is 0 Å². The molecule has 3 aromatic rings. The van der Waals surface area contributed by atoms with E-state index in [0.29, 0.717) is 18.9 Å². The Morgan fingerprint density at radius 3 is 2.47 bits per heavy atom. The maximum atomic E-state index is 13.6. The van der Waals surface area contributed by atoms with Gasteiger partial charge in [0.05, 0.1) is 25.4 Å². The molecular weight excluding hydrogens is 446 g/mol. The van der Waals surface area contributed by atoms with Gasteiger partial charge in [0.2, 0.25) is 0 Å². The molecule has 5 heteroatoms. The number of carbonyl (C=O) groups excluding carboxylic acids is 1. The molecule has 0 saturated carbocycles. The van der Waals surface area contributed by atoms with Crippen LogP contribution < -0.4 is 4.74 Å². The molecule has 1 amide bonds. The van der Waals surface area contributed by atoms with E-state index in [1.165, 1.54) is 11.1 Å². The van der Waals surface area contributed by atoms with E-state index in [1.807, 2.05) is 36.4 Å². The van der Waals surface area contributed by atoms with Crippen molar-refractivity contribution >= 4 is 11.6 Å². The smallest absolute Gasteiger partial charge is 0.257 e. The minimum atomic E-state index is -0.0875. The number of nitrogens with zero attached hydrogens (tertiary/aromatic N) is 3. The van der Waals surface area contributed by atoms with Crippen LogP contribution in [0.2, 0.25) is 0 Å². The highest BCUT2D eigenvalue weighted by molar-refractivity contribution is 6.03. The Hall–Kier alpha value is -3.44. The number of benzene rings is 3. The van der Waals surface area contributed by atoms with Crippen LogP contribution in [0.15, 0.2) is 84.0 Å². The van der Waals surface area contributed by atoms with Crippen LogP contribution >= 0.6 is 0 Å². The lowest BCUT2D eigenvalue weighted by Gasteiger charge is -2.33. The number of hydrogen-bond donors (Lipinski definition) is 0. The molecule has 0 N–H and O–H groups in total. The van der Waals surface area contributed by atoms with Crippen molar-refractivity contribution in [2.75, 3.05) is 26.7 Å². The van der Waals surface area contributed by atoms with E-state index in [1.54, 1.807) is 12.1 Å². The van der Waals surface area contributed by atoms with Gasteiger partial charge in [-0.2, -0.15) is 5.10 Å². The standard InChI is InChI=1S/C31H35N3O2/c1-23-9-6-7-14-28(23)30-21-29(26-12-8-13-27(20-26)36-2)32-34(30)31(35)22-33-17-15-25(16-18-33)19-24-10-4-3-5-11-24/h3-14,20,25,30H,15-19,21-22H2,1-2H3/t30-/m0/s1. The van der Waals surface area contributed by atoms with Crippen LogP contribution in [0.1, 0.15) is 47.6 Å². The summed E-state index contributed by atoms with van der Waals surface area (Å²) in [6, 6.07) is 26.9. The zero-order chi connectivity index (χ0) is 24.9. The van der Waals surface area contributed by atoms with Crippen LogP contribution in [0.3, 0.4) is 0 Å². The second-order valence-electron chi connectivity index (χ2n) is 10.0. The van der Waals surface area contributed by atoms with E-state index in [4.69, 9.17) is 9.84 Å². The number of ether oxygens (including phenoxy) is 1. The zero-order valence-corrected chi connectivity index (χ0v) is 21.3. The van der Waals surface area contributed by atoms with Crippen molar-refractivity contribution in [3.05, 3.63) is 101 Å². The minimum Gasteiger partial charge on any atom is -0.497 e. The lowest BCUT2D eigenvalue weighted by molar-refractivity contribution is -0.134. The van der Waals surface area contributed by atoms with E-state index in [9.17, 15) is 4.79 Å². The van der Waals surface area contributed by atoms with Crippen molar-refractivity contribution in [1.82, 2.24) is 9.91 Å². The highest BCUT2D eigenvalue weighted by Gasteiger charge is 2.35. The van der Waals surface area contributed by atoms with E-state index >= 15 is 0 Å². The molecule has 5 nitrogen and oxygen atoms in total. The number of aryl methyl sites for hydroxylation is 1. The number of amides is 1. The molecule has 1 saturated heterocycles. The second-order valence-corrected chi connectivity index (χ2v) is 10.0. The molecular formula is C31H35N3O2. The first-order chi connectivity index (χ1) is 17.6. The van der Waals surface area contributed by atoms with Gasteiger partial charge in [-0.25, -0.2) is 5.01 Å². The van der Waals surface area contributed by atoms with E-state index < -0.39 is 0 Å². The third-order valence-corrected chi connectivity index (χ3v) is 7.55. The fourth-order valence-electron chi connectivity index (χ4n) is 5.48. The van der Waals surface area contributed by atoms with Crippen molar-refractivity contribution in [2.24, 2.45) is 11.0 Å². The summed E-state index contributed by atoms with van der Waals surface area (Å²) >= 11 is 0. The summed E-state index contributed by atoms with van der Waals surface area (Å²) in [5.41, 5.74) is 5.68. The Bertz CT molecular complexity index is 1220. The predicted molar refractivity (Wildman–Crippen MR) is 144 cm³/mol. The van der Waals surface area contributed by atoms with Gasteiger partial charge < -0.3 is 4.74 Å². The molecule has 0 radical (unpaired) electrons. The fourth-order valence-corrected chi connectivity index (χ4v) is 5.48. The van der Waals surface area contributed by atoms with Gasteiger partial charge in [-0.05, 0) is 74.0 Å². The molecule has 5 rings (SSSR count). The largest absolute Gasteiger partial charge is 0.497 e. The Balaban J connectivity index is 1.29.